The number of nitrogens with one attached hydrogen (secondary N) is 1. The number of carbonyl (C=O) groups excluding carboxylic acids is 1. The summed E-state index contributed by atoms with van der Waals surface area (Å²) < 4.78 is 31.7. The largest absolute Gasteiger partial charge is 0.444 e. The highest BCUT2D eigenvalue weighted by molar-refractivity contribution is 7.90. The molecule has 0 radical (unpaired) electrons. The predicted molar refractivity (Wildman–Crippen MR) is 100 cm³/mol. The molecule has 1 aliphatic carbocycles. The summed E-state index contributed by atoms with van der Waals surface area (Å²) in [5.74, 6) is 0.427. The van der Waals surface area contributed by atoms with E-state index < -0.39 is 15.6 Å². The van der Waals surface area contributed by atoms with Crippen molar-refractivity contribution in [1.82, 2.24) is 14.5 Å². The van der Waals surface area contributed by atoms with Gasteiger partial charge in [0.25, 0.3) is 0 Å². The Morgan fingerprint density at radius 2 is 1.69 bits per heavy atom. The van der Waals surface area contributed by atoms with E-state index in [0.717, 1.165) is 38.8 Å². The van der Waals surface area contributed by atoms with Crippen molar-refractivity contribution in [3.63, 3.8) is 0 Å². The summed E-state index contributed by atoms with van der Waals surface area (Å²) in [5, 5.41) is 3.53. The van der Waals surface area contributed by atoms with Gasteiger partial charge in [-0.15, -0.1) is 0 Å². The highest BCUT2D eigenvalue weighted by atomic mass is 32.2. The average molecular weight is 388 g/mol. The van der Waals surface area contributed by atoms with Gasteiger partial charge >= 0.3 is 6.09 Å². The van der Waals surface area contributed by atoms with Crippen molar-refractivity contribution in [3.05, 3.63) is 0 Å². The molecule has 0 aromatic heterocycles. The maximum Gasteiger partial charge on any atom is 0.410 e. The first-order valence-electron chi connectivity index (χ1n) is 9.79. The van der Waals surface area contributed by atoms with Crippen LogP contribution in [0.4, 0.5) is 4.79 Å². The zero-order chi connectivity index (χ0) is 19.1. The van der Waals surface area contributed by atoms with Gasteiger partial charge in [0.1, 0.15) is 5.60 Å². The standard InChI is InChI=1S/C18H33N3O4S/c1-13(14-11-20(12-14)17(22)25-18(2,3)4)19-15-7-9-21(10-8-15)26(23,24)16-5-6-16/h13-16,19H,5-12H2,1-4H3/t13-/m0/s1. The molecule has 2 aliphatic heterocycles. The van der Waals surface area contributed by atoms with Crippen molar-refractivity contribution < 1.29 is 17.9 Å². The Balaban J connectivity index is 1.38. The molecule has 26 heavy (non-hydrogen) atoms. The zero-order valence-electron chi connectivity index (χ0n) is 16.4. The van der Waals surface area contributed by atoms with Crippen LogP contribution in [0.25, 0.3) is 0 Å². The molecule has 0 aromatic rings. The molecule has 0 aromatic carbocycles. The second-order valence-electron chi connectivity index (χ2n) is 9.02. The minimum atomic E-state index is -3.03. The fourth-order valence-electron chi connectivity index (χ4n) is 3.67. The fourth-order valence-corrected chi connectivity index (χ4v) is 5.54. The first-order valence-corrected chi connectivity index (χ1v) is 11.3. The molecular weight excluding hydrogens is 354 g/mol. The van der Waals surface area contributed by atoms with E-state index in [2.05, 4.69) is 12.2 Å². The number of amides is 1. The lowest BCUT2D eigenvalue weighted by Gasteiger charge is -2.44. The van der Waals surface area contributed by atoms with Crippen LogP contribution in [0.3, 0.4) is 0 Å². The Labute approximate surface area is 157 Å². The lowest BCUT2D eigenvalue weighted by molar-refractivity contribution is -0.00663. The van der Waals surface area contributed by atoms with E-state index in [1.54, 1.807) is 9.21 Å². The third kappa shape index (κ3) is 4.70. The van der Waals surface area contributed by atoms with Gasteiger partial charge in [-0.25, -0.2) is 17.5 Å². The normalized spacial score (nSPS) is 25.0. The van der Waals surface area contributed by atoms with E-state index in [-0.39, 0.29) is 11.3 Å². The van der Waals surface area contributed by atoms with Gasteiger partial charge in [0, 0.05) is 44.2 Å². The van der Waals surface area contributed by atoms with Crippen LogP contribution in [-0.2, 0) is 14.8 Å². The average Bonchev–Trinajstić information content (AvgIpc) is 3.29. The van der Waals surface area contributed by atoms with Gasteiger partial charge in [-0.2, -0.15) is 0 Å². The minimum absolute atomic E-state index is 0.111. The first kappa shape index (κ1) is 19.9. The van der Waals surface area contributed by atoms with E-state index in [1.165, 1.54) is 0 Å². The number of likely N-dealkylation sites (tertiary alicyclic amines) is 1. The van der Waals surface area contributed by atoms with Crippen LogP contribution in [0, 0.1) is 5.92 Å². The lowest BCUT2D eigenvalue weighted by atomic mass is 9.91. The molecule has 2 heterocycles. The van der Waals surface area contributed by atoms with Gasteiger partial charge in [0.05, 0.1) is 5.25 Å². The number of hydrogen-bond donors (Lipinski definition) is 1. The van der Waals surface area contributed by atoms with Crippen LogP contribution in [0.2, 0.25) is 0 Å². The minimum Gasteiger partial charge on any atom is -0.444 e. The summed E-state index contributed by atoms with van der Waals surface area (Å²) in [5.41, 5.74) is -0.458. The third-order valence-electron chi connectivity index (χ3n) is 5.53. The second kappa shape index (κ2) is 7.28. The summed E-state index contributed by atoms with van der Waals surface area (Å²) in [4.78, 5) is 13.8. The Bertz CT molecular complexity index is 613. The van der Waals surface area contributed by atoms with E-state index in [4.69, 9.17) is 4.74 Å². The van der Waals surface area contributed by atoms with Crippen LogP contribution in [0.5, 0.6) is 0 Å². The first-order chi connectivity index (χ1) is 12.1. The van der Waals surface area contributed by atoms with Gasteiger partial charge < -0.3 is 15.0 Å². The maximum atomic E-state index is 12.3. The van der Waals surface area contributed by atoms with Gasteiger partial charge in [-0.1, -0.05) is 0 Å². The van der Waals surface area contributed by atoms with E-state index >= 15 is 0 Å². The van der Waals surface area contributed by atoms with Crippen molar-refractivity contribution in [2.75, 3.05) is 26.2 Å². The van der Waals surface area contributed by atoms with Crippen LogP contribution in [-0.4, -0.2) is 72.8 Å². The molecule has 0 bridgehead atoms. The lowest BCUT2D eigenvalue weighted by Crippen LogP contribution is -2.59. The number of rotatable bonds is 5. The number of piperidine rings is 1. The van der Waals surface area contributed by atoms with Gasteiger partial charge in [-0.3, -0.25) is 0 Å². The summed E-state index contributed by atoms with van der Waals surface area (Å²) in [6.45, 7) is 10.5. The topological polar surface area (TPSA) is 79.0 Å². The van der Waals surface area contributed by atoms with Gasteiger partial charge in [0.2, 0.25) is 10.0 Å². The second-order valence-corrected chi connectivity index (χ2v) is 11.2. The van der Waals surface area contributed by atoms with Gasteiger partial charge in [0.15, 0.2) is 0 Å². The summed E-state index contributed by atoms with van der Waals surface area (Å²) in [6, 6.07) is 0.663. The summed E-state index contributed by atoms with van der Waals surface area (Å²) >= 11 is 0. The molecule has 0 spiro atoms. The number of carbonyl (C=O) groups is 1. The monoisotopic (exact) mass is 387 g/mol. The third-order valence-corrected chi connectivity index (χ3v) is 7.93. The van der Waals surface area contributed by atoms with Crippen LogP contribution >= 0.6 is 0 Å². The number of sulfonamides is 1. The maximum absolute atomic E-state index is 12.3. The van der Waals surface area contributed by atoms with E-state index in [0.29, 0.717) is 31.1 Å². The highest BCUT2D eigenvalue weighted by Crippen LogP contribution is 2.32. The molecule has 1 N–H and O–H groups in total. The molecule has 1 atom stereocenters. The predicted octanol–water partition coefficient (Wildman–Crippen LogP) is 1.79. The molecule has 1 saturated carbocycles. The Morgan fingerprint density at radius 1 is 1.12 bits per heavy atom. The molecule has 3 rings (SSSR count). The summed E-state index contributed by atoms with van der Waals surface area (Å²) in [6.07, 6.45) is 3.14. The van der Waals surface area contributed by atoms with Crippen molar-refractivity contribution in [3.8, 4) is 0 Å². The van der Waals surface area contributed by atoms with Crippen LogP contribution in [0.1, 0.15) is 53.4 Å². The fraction of sp³-hybridized carbons (Fsp3) is 0.944. The zero-order valence-corrected chi connectivity index (χ0v) is 17.2. The molecule has 8 heteroatoms. The molecule has 2 saturated heterocycles. The summed E-state index contributed by atoms with van der Waals surface area (Å²) in [7, 11) is -3.03. The van der Waals surface area contributed by atoms with Crippen molar-refractivity contribution in [1.29, 1.82) is 0 Å². The Kier molecular flexibility index (Phi) is 5.57. The quantitative estimate of drug-likeness (QED) is 0.778. The highest BCUT2D eigenvalue weighted by Gasteiger charge is 2.42. The molecule has 0 unspecified atom stereocenters. The van der Waals surface area contributed by atoms with Crippen molar-refractivity contribution >= 4 is 16.1 Å². The number of ether oxygens (including phenoxy) is 1. The molecule has 150 valence electrons. The molecule has 1 amide bonds. The van der Waals surface area contributed by atoms with Crippen LogP contribution < -0.4 is 5.32 Å². The van der Waals surface area contributed by atoms with E-state index in [9.17, 15) is 13.2 Å². The Morgan fingerprint density at radius 3 is 2.19 bits per heavy atom. The molecule has 3 aliphatic rings. The van der Waals surface area contributed by atoms with Crippen molar-refractivity contribution in [2.24, 2.45) is 5.92 Å². The van der Waals surface area contributed by atoms with Crippen molar-refractivity contribution in [2.45, 2.75) is 76.3 Å². The SMILES string of the molecule is C[C@H](NC1CCN(S(=O)(=O)C2CC2)CC1)C1CN(C(=O)OC(C)(C)C)C1. The molecule has 3 fully saturated rings. The molecule has 7 nitrogen and oxygen atoms in total. The Hall–Kier alpha value is -0.860. The van der Waals surface area contributed by atoms with Crippen LogP contribution in [0.15, 0.2) is 0 Å². The van der Waals surface area contributed by atoms with Gasteiger partial charge in [-0.05, 0) is 53.4 Å². The smallest absolute Gasteiger partial charge is 0.410 e. The number of hydrogen-bond acceptors (Lipinski definition) is 5. The van der Waals surface area contributed by atoms with E-state index in [1.807, 2.05) is 20.8 Å². The molecular formula is C18H33N3O4S. The number of nitrogens with zero attached hydrogens (tertiary/aromatic N) is 2.